The average Bonchev–Trinajstić information content (AvgIpc) is 3.30. The first kappa shape index (κ1) is 20.5. The van der Waals surface area contributed by atoms with Crippen LogP contribution in [0.2, 0.25) is 5.02 Å². The van der Waals surface area contributed by atoms with Gasteiger partial charge in [0.2, 0.25) is 0 Å². The van der Waals surface area contributed by atoms with E-state index in [1.54, 1.807) is 17.1 Å². The summed E-state index contributed by atoms with van der Waals surface area (Å²) in [4.78, 5) is 16.6. The highest BCUT2D eigenvalue weighted by atomic mass is 35.5. The van der Waals surface area contributed by atoms with Crippen LogP contribution in [-0.2, 0) is 11.2 Å². The van der Waals surface area contributed by atoms with Crippen molar-refractivity contribution < 1.29 is 4.79 Å². The third-order valence-corrected chi connectivity index (χ3v) is 7.75. The van der Waals surface area contributed by atoms with Crippen LogP contribution in [0.4, 0.5) is 11.5 Å². The second kappa shape index (κ2) is 7.45. The molecule has 0 N–H and O–H groups in total. The van der Waals surface area contributed by atoms with Crippen molar-refractivity contribution in [3.05, 3.63) is 70.9 Å². The molecule has 2 aromatic carbocycles. The molecule has 1 spiro atoms. The normalized spacial score (nSPS) is 24.2. The van der Waals surface area contributed by atoms with Crippen molar-refractivity contribution in [2.75, 3.05) is 16.5 Å². The van der Waals surface area contributed by atoms with Gasteiger partial charge in [-0.2, -0.15) is 15.2 Å². The van der Waals surface area contributed by atoms with Crippen LogP contribution in [0.1, 0.15) is 37.4 Å². The van der Waals surface area contributed by atoms with Gasteiger partial charge < -0.3 is 4.90 Å². The highest BCUT2D eigenvalue weighted by Gasteiger charge is 2.60. The van der Waals surface area contributed by atoms with E-state index in [-0.39, 0.29) is 11.9 Å². The fourth-order valence-electron chi connectivity index (χ4n) is 5.87. The molecule has 33 heavy (non-hydrogen) atoms. The minimum absolute atomic E-state index is 0.0525. The Morgan fingerprint density at radius 2 is 1.76 bits per heavy atom. The molecule has 0 saturated carbocycles. The minimum atomic E-state index is -0.678. The van der Waals surface area contributed by atoms with Crippen LogP contribution in [0.5, 0.6) is 0 Å². The molecular weight excluding hydrogens is 434 g/mol. The number of benzene rings is 2. The number of hydrogen-bond donors (Lipinski definition) is 0. The molecule has 1 amide bonds. The third-order valence-electron chi connectivity index (χ3n) is 7.50. The van der Waals surface area contributed by atoms with Gasteiger partial charge in [0.15, 0.2) is 0 Å². The van der Waals surface area contributed by atoms with E-state index in [2.05, 4.69) is 28.6 Å². The molecule has 168 valence electrons. The zero-order valence-corrected chi connectivity index (χ0v) is 19.6. The predicted molar refractivity (Wildman–Crippen MR) is 131 cm³/mol. The molecule has 0 aliphatic carbocycles. The maximum absolute atomic E-state index is 14.2. The summed E-state index contributed by atoms with van der Waals surface area (Å²) >= 11 is 6.09. The Morgan fingerprint density at radius 3 is 2.52 bits per heavy atom. The lowest BCUT2D eigenvalue weighted by Gasteiger charge is -2.50. The summed E-state index contributed by atoms with van der Waals surface area (Å²) < 4.78 is 2.07. The lowest BCUT2D eigenvalue weighted by Crippen LogP contribution is -2.61. The van der Waals surface area contributed by atoms with E-state index in [0.717, 1.165) is 60.0 Å². The number of carbonyl (C=O) groups excluding carboxylic acids is 1. The number of hydrazone groups is 1. The van der Waals surface area contributed by atoms with Crippen molar-refractivity contribution in [1.29, 1.82) is 0 Å². The number of aromatic nitrogens is 2. The van der Waals surface area contributed by atoms with Crippen LogP contribution in [0.25, 0.3) is 5.69 Å². The lowest BCUT2D eigenvalue weighted by molar-refractivity contribution is -0.125. The van der Waals surface area contributed by atoms with E-state index in [0.29, 0.717) is 11.4 Å². The number of para-hydroxylation sites is 1. The summed E-state index contributed by atoms with van der Waals surface area (Å²) in [6.07, 6.45) is 3.81. The molecule has 4 heterocycles. The summed E-state index contributed by atoms with van der Waals surface area (Å²) in [5.41, 5.74) is 4.14. The van der Waals surface area contributed by atoms with Gasteiger partial charge in [-0.25, -0.2) is 4.68 Å². The zero-order valence-electron chi connectivity index (χ0n) is 18.8. The number of carbonyl (C=O) groups is 1. The van der Waals surface area contributed by atoms with Gasteiger partial charge in [0.05, 0.1) is 28.8 Å². The highest BCUT2D eigenvalue weighted by Crippen LogP contribution is 2.51. The highest BCUT2D eigenvalue weighted by molar-refractivity contribution is 6.30. The number of halogens is 1. The van der Waals surface area contributed by atoms with Gasteiger partial charge in [-0.05, 0) is 75.9 Å². The molecule has 7 heteroatoms. The molecule has 0 bridgehead atoms. The first-order chi connectivity index (χ1) is 16.0. The first-order valence-electron chi connectivity index (χ1n) is 11.6. The molecule has 6 rings (SSSR count). The average molecular weight is 460 g/mol. The van der Waals surface area contributed by atoms with Crippen LogP contribution < -0.4 is 9.91 Å². The number of hydrogen-bond acceptors (Lipinski definition) is 4. The second-order valence-electron chi connectivity index (χ2n) is 9.27. The van der Waals surface area contributed by atoms with Crippen molar-refractivity contribution in [2.45, 2.75) is 45.6 Å². The minimum Gasteiger partial charge on any atom is -0.352 e. The van der Waals surface area contributed by atoms with Crippen molar-refractivity contribution in [3.8, 4) is 5.69 Å². The van der Waals surface area contributed by atoms with E-state index in [1.807, 2.05) is 37.3 Å². The van der Waals surface area contributed by atoms with E-state index < -0.39 is 5.41 Å². The Balaban J connectivity index is 1.49. The van der Waals surface area contributed by atoms with Crippen LogP contribution in [-0.4, -0.2) is 34.0 Å². The van der Waals surface area contributed by atoms with Gasteiger partial charge >= 0.3 is 0 Å². The van der Waals surface area contributed by atoms with Crippen molar-refractivity contribution in [1.82, 2.24) is 9.78 Å². The summed E-state index contributed by atoms with van der Waals surface area (Å²) in [6.45, 7) is 4.99. The maximum Gasteiger partial charge on any atom is 0.261 e. The number of rotatable bonds is 2. The number of nitrogens with zero attached hydrogens (tertiary/aromatic N) is 5. The number of aryl methyl sites for hydroxylation is 1. The Hall–Kier alpha value is -3.12. The topological polar surface area (TPSA) is 53.7 Å². The van der Waals surface area contributed by atoms with E-state index in [4.69, 9.17) is 21.8 Å². The number of piperidine rings is 1. The van der Waals surface area contributed by atoms with Gasteiger partial charge in [0, 0.05) is 17.1 Å². The zero-order chi connectivity index (χ0) is 22.7. The van der Waals surface area contributed by atoms with Crippen LogP contribution in [0, 0.1) is 12.3 Å². The predicted octanol–water partition coefficient (Wildman–Crippen LogP) is 5.16. The van der Waals surface area contributed by atoms with Crippen LogP contribution in [0.15, 0.2) is 59.7 Å². The monoisotopic (exact) mass is 459 g/mol. The fourth-order valence-corrected chi connectivity index (χ4v) is 5.99. The van der Waals surface area contributed by atoms with Crippen molar-refractivity contribution >= 4 is 34.7 Å². The lowest BCUT2D eigenvalue weighted by atomic mass is 9.66. The SMILES string of the molecule is CC1=NN(c2ccc(Cl)cc2)C(=O)[C@]12Cc1c(C)nn(-c3ccccc3)c1N1CCCC[C@H]12. The molecule has 1 fully saturated rings. The smallest absolute Gasteiger partial charge is 0.261 e. The molecular formula is C26H26ClN5O. The number of anilines is 2. The largest absolute Gasteiger partial charge is 0.352 e. The second-order valence-corrected chi connectivity index (χ2v) is 9.70. The number of fused-ring (bicyclic) bond motifs is 4. The summed E-state index contributed by atoms with van der Waals surface area (Å²) in [5, 5.41) is 12.0. The van der Waals surface area contributed by atoms with Crippen LogP contribution >= 0.6 is 11.6 Å². The molecule has 0 unspecified atom stereocenters. The Bertz CT molecular complexity index is 1270. The molecule has 3 aliphatic heterocycles. The molecule has 6 nitrogen and oxygen atoms in total. The van der Waals surface area contributed by atoms with Gasteiger partial charge in [-0.3, -0.25) is 4.79 Å². The standard InChI is InChI=1S/C26H26ClN5O/c1-17-22-16-26(18(2)29-32(25(26)33)21-13-11-19(27)12-14-21)23-10-6-7-15-30(23)24(22)31(28-17)20-8-4-3-5-9-20/h3-5,8-9,11-14,23H,6-7,10,15-16H2,1-2H3/t23-,26+/m0/s1. The first-order valence-corrected chi connectivity index (χ1v) is 11.9. The summed E-state index contributed by atoms with van der Waals surface area (Å²) in [5.74, 6) is 1.19. The summed E-state index contributed by atoms with van der Waals surface area (Å²) in [7, 11) is 0. The molecule has 1 saturated heterocycles. The Kier molecular flexibility index (Phi) is 4.63. The Morgan fingerprint density at radius 1 is 1.00 bits per heavy atom. The molecule has 1 aromatic heterocycles. The van der Waals surface area contributed by atoms with Gasteiger partial charge in [0.1, 0.15) is 11.2 Å². The van der Waals surface area contributed by atoms with E-state index in [9.17, 15) is 4.79 Å². The quantitative estimate of drug-likeness (QED) is 0.532. The van der Waals surface area contributed by atoms with Gasteiger partial charge in [0.25, 0.3) is 5.91 Å². The van der Waals surface area contributed by atoms with Crippen LogP contribution in [0.3, 0.4) is 0 Å². The molecule has 2 atom stereocenters. The molecule has 0 radical (unpaired) electrons. The van der Waals surface area contributed by atoms with Gasteiger partial charge in [-0.15, -0.1) is 0 Å². The van der Waals surface area contributed by atoms with E-state index in [1.165, 1.54) is 0 Å². The van der Waals surface area contributed by atoms with Crippen molar-refractivity contribution in [2.24, 2.45) is 10.5 Å². The van der Waals surface area contributed by atoms with Gasteiger partial charge in [-0.1, -0.05) is 29.8 Å². The summed E-state index contributed by atoms with van der Waals surface area (Å²) in [6, 6.07) is 17.7. The maximum atomic E-state index is 14.2. The molecule has 3 aromatic rings. The fraction of sp³-hybridized carbons (Fsp3) is 0.346. The number of amides is 1. The Labute approximate surface area is 198 Å². The van der Waals surface area contributed by atoms with E-state index >= 15 is 0 Å². The molecule has 3 aliphatic rings. The van der Waals surface area contributed by atoms with Crippen molar-refractivity contribution in [3.63, 3.8) is 0 Å². The third kappa shape index (κ3) is 2.90.